The van der Waals surface area contributed by atoms with E-state index >= 15 is 0 Å². The van der Waals surface area contributed by atoms with Gasteiger partial charge in [0, 0.05) is 12.5 Å². The summed E-state index contributed by atoms with van der Waals surface area (Å²) in [5.74, 6) is 1.18. The van der Waals surface area contributed by atoms with Crippen molar-refractivity contribution in [2.75, 3.05) is 13.7 Å². The standard InChI is InChI=1S/C16H15NO2/c1-19-16-7-2-4-12-8-9-17(11-15(12)16)13-5-3-6-14(18)10-13/h2-7,10-11H,8-9H2,1H3/p+1. The summed E-state index contributed by atoms with van der Waals surface area (Å²) in [4.78, 5) is 0. The lowest BCUT2D eigenvalue weighted by Gasteiger charge is -2.14. The molecule has 1 aliphatic heterocycles. The van der Waals surface area contributed by atoms with Gasteiger partial charge >= 0.3 is 0 Å². The third-order valence-electron chi connectivity index (χ3n) is 3.44. The number of benzene rings is 2. The topological polar surface area (TPSA) is 32.5 Å². The molecule has 0 saturated carbocycles. The highest BCUT2D eigenvalue weighted by molar-refractivity contribution is 5.83. The number of aromatic hydroxyl groups is 1. The van der Waals surface area contributed by atoms with Crippen LogP contribution in [-0.4, -0.2) is 29.6 Å². The maximum Gasteiger partial charge on any atom is 0.208 e. The highest BCUT2D eigenvalue weighted by Crippen LogP contribution is 2.26. The Morgan fingerprint density at radius 2 is 2.00 bits per heavy atom. The largest absolute Gasteiger partial charge is 0.508 e. The lowest BCUT2D eigenvalue weighted by molar-refractivity contribution is -0.436. The molecule has 0 atom stereocenters. The smallest absolute Gasteiger partial charge is 0.208 e. The Bertz CT molecular complexity index is 647. The average molecular weight is 254 g/mol. The van der Waals surface area contributed by atoms with Gasteiger partial charge in [-0.3, -0.25) is 0 Å². The number of hydrogen-bond donors (Lipinski definition) is 1. The van der Waals surface area contributed by atoms with Crippen molar-refractivity contribution < 1.29 is 14.4 Å². The predicted octanol–water partition coefficient (Wildman–Crippen LogP) is 2.72. The van der Waals surface area contributed by atoms with E-state index in [1.807, 2.05) is 24.3 Å². The minimum absolute atomic E-state index is 0.289. The lowest BCUT2D eigenvalue weighted by atomic mass is 10.0. The highest BCUT2D eigenvalue weighted by Gasteiger charge is 2.20. The van der Waals surface area contributed by atoms with Crippen LogP contribution in [0.1, 0.15) is 11.1 Å². The average Bonchev–Trinajstić information content (AvgIpc) is 2.46. The summed E-state index contributed by atoms with van der Waals surface area (Å²) in [5, 5.41) is 9.57. The molecule has 0 radical (unpaired) electrons. The number of fused-ring (bicyclic) bond motifs is 1. The Balaban J connectivity index is 2.08. The quantitative estimate of drug-likeness (QED) is 0.836. The molecule has 0 unspecified atom stereocenters. The summed E-state index contributed by atoms with van der Waals surface area (Å²) >= 11 is 0. The van der Waals surface area contributed by atoms with Crippen molar-refractivity contribution in [3.63, 3.8) is 0 Å². The number of rotatable bonds is 2. The molecule has 2 aromatic rings. The van der Waals surface area contributed by atoms with Crippen LogP contribution in [-0.2, 0) is 6.42 Å². The van der Waals surface area contributed by atoms with E-state index in [0.717, 1.165) is 30.0 Å². The van der Waals surface area contributed by atoms with Crippen molar-refractivity contribution in [3.05, 3.63) is 53.6 Å². The Hall–Kier alpha value is -2.29. The Morgan fingerprint density at radius 1 is 1.16 bits per heavy atom. The normalized spacial score (nSPS) is 13.6. The van der Waals surface area contributed by atoms with Gasteiger partial charge in [0.15, 0.2) is 12.8 Å². The van der Waals surface area contributed by atoms with Crippen LogP contribution in [0.5, 0.6) is 11.5 Å². The zero-order chi connectivity index (χ0) is 13.2. The van der Waals surface area contributed by atoms with E-state index in [2.05, 4.69) is 16.9 Å². The van der Waals surface area contributed by atoms with Gasteiger partial charge in [0.1, 0.15) is 11.5 Å². The summed E-state index contributed by atoms with van der Waals surface area (Å²) in [6.45, 7) is 0.906. The third-order valence-corrected chi connectivity index (χ3v) is 3.44. The second kappa shape index (κ2) is 4.76. The summed E-state index contributed by atoms with van der Waals surface area (Å²) in [7, 11) is 1.69. The van der Waals surface area contributed by atoms with E-state index in [1.54, 1.807) is 19.2 Å². The molecule has 0 saturated heterocycles. The predicted molar refractivity (Wildman–Crippen MR) is 74.8 cm³/mol. The maximum atomic E-state index is 9.57. The Labute approximate surface area is 112 Å². The fraction of sp³-hybridized carbons (Fsp3) is 0.188. The molecular formula is C16H16NO2+. The molecule has 3 rings (SSSR count). The van der Waals surface area contributed by atoms with Gasteiger partial charge in [-0.2, -0.15) is 4.58 Å². The van der Waals surface area contributed by atoms with Gasteiger partial charge in [-0.25, -0.2) is 0 Å². The van der Waals surface area contributed by atoms with Crippen molar-refractivity contribution in [3.8, 4) is 11.5 Å². The molecule has 0 aliphatic carbocycles. The molecule has 3 heteroatoms. The molecule has 0 spiro atoms. The SMILES string of the molecule is COc1cccc2c1C=[N+](c1cccc(O)c1)CC2. The number of ether oxygens (including phenoxy) is 1. The zero-order valence-corrected chi connectivity index (χ0v) is 10.8. The van der Waals surface area contributed by atoms with Gasteiger partial charge in [-0.1, -0.05) is 18.2 Å². The molecule has 2 aromatic carbocycles. The number of hydrogen-bond acceptors (Lipinski definition) is 2. The highest BCUT2D eigenvalue weighted by atomic mass is 16.5. The molecule has 0 aromatic heterocycles. The van der Waals surface area contributed by atoms with E-state index in [1.165, 1.54) is 5.56 Å². The van der Waals surface area contributed by atoms with Crippen LogP contribution < -0.4 is 4.74 Å². The van der Waals surface area contributed by atoms with E-state index in [-0.39, 0.29) is 5.75 Å². The van der Waals surface area contributed by atoms with E-state index in [9.17, 15) is 5.11 Å². The van der Waals surface area contributed by atoms with Gasteiger partial charge in [0.05, 0.1) is 18.7 Å². The fourth-order valence-corrected chi connectivity index (χ4v) is 2.47. The molecule has 96 valence electrons. The maximum absolute atomic E-state index is 9.57. The molecule has 3 nitrogen and oxygen atoms in total. The second-order valence-corrected chi connectivity index (χ2v) is 4.63. The molecule has 19 heavy (non-hydrogen) atoms. The van der Waals surface area contributed by atoms with E-state index in [0.29, 0.717) is 0 Å². The Kier molecular flexibility index (Phi) is 2.95. The molecule has 0 bridgehead atoms. The fourth-order valence-electron chi connectivity index (χ4n) is 2.47. The summed E-state index contributed by atoms with van der Waals surface area (Å²) in [6.07, 6.45) is 3.06. The second-order valence-electron chi connectivity index (χ2n) is 4.63. The summed E-state index contributed by atoms with van der Waals surface area (Å²) in [5.41, 5.74) is 3.42. The molecule has 1 N–H and O–H groups in total. The van der Waals surface area contributed by atoms with Crippen molar-refractivity contribution in [1.82, 2.24) is 0 Å². The van der Waals surface area contributed by atoms with Crippen LogP contribution in [0.25, 0.3) is 0 Å². The van der Waals surface area contributed by atoms with E-state index in [4.69, 9.17) is 4.74 Å². The van der Waals surface area contributed by atoms with E-state index < -0.39 is 0 Å². The minimum atomic E-state index is 0.289. The third kappa shape index (κ3) is 2.19. The van der Waals surface area contributed by atoms with Gasteiger partial charge in [-0.05, 0) is 17.7 Å². The number of methoxy groups -OCH3 is 1. The minimum Gasteiger partial charge on any atom is -0.508 e. The van der Waals surface area contributed by atoms with Crippen LogP contribution >= 0.6 is 0 Å². The molecule has 0 amide bonds. The molecular weight excluding hydrogens is 238 g/mol. The number of nitrogens with zero attached hydrogens (tertiary/aromatic N) is 1. The van der Waals surface area contributed by atoms with Crippen LogP contribution in [0.3, 0.4) is 0 Å². The van der Waals surface area contributed by atoms with Gasteiger partial charge in [0.25, 0.3) is 0 Å². The first-order valence-electron chi connectivity index (χ1n) is 6.34. The first-order chi connectivity index (χ1) is 9.28. The van der Waals surface area contributed by atoms with Crippen molar-refractivity contribution in [2.24, 2.45) is 0 Å². The summed E-state index contributed by atoms with van der Waals surface area (Å²) in [6, 6.07) is 13.4. The first kappa shape index (κ1) is 11.8. The van der Waals surface area contributed by atoms with Gasteiger partial charge in [-0.15, -0.1) is 0 Å². The van der Waals surface area contributed by atoms with Crippen LogP contribution in [0, 0.1) is 0 Å². The number of phenolic OH excluding ortho intramolecular Hbond substituents is 1. The first-order valence-corrected chi connectivity index (χ1v) is 6.34. The van der Waals surface area contributed by atoms with Crippen molar-refractivity contribution in [1.29, 1.82) is 0 Å². The summed E-state index contributed by atoms with van der Waals surface area (Å²) < 4.78 is 7.56. The molecule has 1 heterocycles. The van der Waals surface area contributed by atoms with Crippen LogP contribution in [0.4, 0.5) is 5.69 Å². The monoisotopic (exact) mass is 254 g/mol. The van der Waals surface area contributed by atoms with Crippen molar-refractivity contribution in [2.45, 2.75) is 6.42 Å². The van der Waals surface area contributed by atoms with Gasteiger partial charge in [0.2, 0.25) is 5.69 Å². The molecule has 0 fully saturated rings. The van der Waals surface area contributed by atoms with Crippen LogP contribution in [0.2, 0.25) is 0 Å². The van der Waals surface area contributed by atoms with Crippen LogP contribution in [0.15, 0.2) is 42.5 Å². The lowest BCUT2D eigenvalue weighted by Crippen LogP contribution is -2.19. The Morgan fingerprint density at radius 3 is 2.79 bits per heavy atom. The van der Waals surface area contributed by atoms with Gasteiger partial charge < -0.3 is 9.84 Å². The number of phenols is 1. The zero-order valence-electron chi connectivity index (χ0n) is 10.8. The van der Waals surface area contributed by atoms with Crippen molar-refractivity contribution >= 4 is 11.9 Å². The molecule has 1 aliphatic rings.